The number of hydrogen-bond acceptors (Lipinski definition) is 4. The molecule has 0 bridgehead atoms. The Kier molecular flexibility index (Phi) is 6.80. The Hall–Kier alpha value is -2.82. The van der Waals surface area contributed by atoms with Crippen molar-refractivity contribution in [1.82, 2.24) is 5.43 Å². The molecule has 1 aliphatic rings. The van der Waals surface area contributed by atoms with Gasteiger partial charge in [0, 0.05) is 29.4 Å². The first-order chi connectivity index (χ1) is 14.4. The predicted molar refractivity (Wildman–Crippen MR) is 124 cm³/mol. The fraction of sp³-hybridized carbons (Fsp3) is 0.440. The zero-order valence-electron chi connectivity index (χ0n) is 18.7. The van der Waals surface area contributed by atoms with Gasteiger partial charge in [0.15, 0.2) is 0 Å². The number of anilines is 1. The summed E-state index contributed by atoms with van der Waals surface area (Å²) in [5.74, 6) is 1.06. The molecule has 1 heterocycles. The van der Waals surface area contributed by atoms with Crippen LogP contribution in [0.15, 0.2) is 47.6 Å². The number of benzene rings is 2. The van der Waals surface area contributed by atoms with Crippen molar-refractivity contribution in [2.24, 2.45) is 5.10 Å². The van der Waals surface area contributed by atoms with Crippen molar-refractivity contribution >= 4 is 17.8 Å². The molecule has 0 saturated heterocycles. The Morgan fingerprint density at radius 1 is 1.30 bits per heavy atom. The molecule has 30 heavy (non-hydrogen) atoms. The predicted octanol–water partition coefficient (Wildman–Crippen LogP) is 4.89. The highest BCUT2D eigenvalue weighted by molar-refractivity contribution is 5.87. The number of nitrogens with one attached hydrogen (secondary N) is 1. The van der Waals surface area contributed by atoms with Crippen LogP contribution in [0.5, 0.6) is 5.75 Å². The zero-order valence-corrected chi connectivity index (χ0v) is 18.7. The number of methoxy groups -OCH3 is 1. The van der Waals surface area contributed by atoms with E-state index < -0.39 is 0 Å². The molecular weight excluding hydrogens is 374 g/mol. The third-order valence-corrected chi connectivity index (χ3v) is 5.78. The highest BCUT2D eigenvalue weighted by Gasteiger charge is 2.36. The summed E-state index contributed by atoms with van der Waals surface area (Å²) in [4.78, 5) is 14.7. The van der Waals surface area contributed by atoms with Gasteiger partial charge in [0.2, 0.25) is 5.91 Å². The molecule has 1 aliphatic heterocycles. The van der Waals surface area contributed by atoms with Gasteiger partial charge >= 0.3 is 0 Å². The fourth-order valence-electron chi connectivity index (χ4n) is 4.45. The second-order valence-electron chi connectivity index (χ2n) is 8.68. The third-order valence-electron chi connectivity index (χ3n) is 5.78. The number of ether oxygens (including phenoxy) is 1. The molecule has 2 aromatic rings. The molecule has 1 unspecified atom stereocenters. The van der Waals surface area contributed by atoms with E-state index in [1.54, 1.807) is 13.3 Å². The maximum absolute atomic E-state index is 12.2. The number of fused-ring (bicyclic) bond motifs is 1. The molecule has 3 rings (SSSR count). The van der Waals surface area contributed by atoms with Crippen LogP contribution in [0.2, 0.25) is 0 Å². The van der Waals surface area contributed by atoms with Crippen LogP contribution in [-0.2, 0) is 11.2 Å². The fourth-order valence-corrected chi connectivity index (χ4v) is 4.45. The molecule has 160 valence electrons. The molecule has 5 nitrogen and oxygen atoms in total. The summed E-state index contributed by atoms with van der Waals surface area (Å²) in [6.07, 6.45) is 4.17. The maximum Gasteiger partial charge on any atom is 0.244 e. The Morgan fingerprint density at radius 3 is 2.70 bits per heavy atom. The van der Waals surface area contributed by atoms with E-state index in [1.165, 1.54) is 11.3 Å². The quantitative estimate of drug-likeness (QED) is 0.525. The Balaban J connectivity index is 1.81. The van der Waals surface area contributed by atoms with Crippen molar-refractivity contribution in [3.05, 3.63) is 59.2 Å². The average molecular weight is 408 g/mol. The summed E-state index contributed by atoms with van der Waals surface area (Å²) in [7, 11) is 1.68. The van der Waals surface area contributed by atoms with Gasteiger partial charge in [0.1, 0.15) is 5.75 Å². The standard InChI is InChI=1S/C25H33N3O2/c1-6-12-28-22-15-23(30-5)20(14-21(22)18(2)16-25(28,3)4)17-26-27-24(29)13-19-10-8-7-9-11-19/h7-11,14-15,17-18H,6,12-13,16H2,1-5H3,(H,27,29)/b26-17-. The van der Waals surface area contributed by atoms with Gasteiger partial charge in [0.05, 0.1) is 19.7 Å². The minimum absolute atomic E-state index is 0.106. The molecule has 1 amide bonds. The van der Waals surface area contributed by atoms with Crippen LogP contribution < -0.4 is 15.1 Å². The number of hydrogen-bond donors (Lipinski definition) is 1. The van der Waals surface area contributed by atoms with Gasteiger partial charge in [0.25, 0.3) is 0 Å². The van der Waals surface area contributed by atoms with Crippen LogP contribution >= 0.6 is 0 Å². The SMILES string of the molecule is CCCN1c2cc(OC)c(/C=N\NC(=O)Cc3ccccc3)cc2C(C)CC1(C)C. The molecule has 0 saturated carbocycles. The van der Waals surface area contributed by atoms with E-state index in [0.717, 1.165) is 36.3 Å². The summed E-state index contributed by atoms with van der Waals surface area (Å²) in [5, 5.41) is 4.19. The lowest BCUT2D eigenvalue weighted by Gasteiger charge is -2.47. The number of carbonyl (C=O) groups is 1. The van der Waals surface area contributed by atoms with Crippen molar-refractivity contribution in [3.8, 4) is 5.75 Å². The van der Waals surface area contributed by atoms with Gasteiger partial charge in [-0.15, -0.1) is 0 Å². The largest absolute Gasteiger partial charge is 0.496 e. The Morgan fingerprint density at radius 2 is 2.03 bits per heavy atom. The van der Waals surface area contributed by atoms with Crippen molar-refractivity contribution < 1.29 is 9.53 Å². The van der Waals surface area contributed by atoms with Crippen molar-refractivity contribution in [2.45, 2.75) is 58.4 Å². The van der Waals surface area contributed by atoms with E-state index in [2.05, 4.69) is 55.3 Å². The van der Waals surface area contributed by atoms with Crippen LogP contribution in [0.4, 0.5) is 5.69 Å². The van der Waals surface area contributed by atoms with Gasteiger partial charge in [-0.05, 0) is 49.8 Å². The van der Waals surface area contributed by atoms with E-state index in [4.69, 9.17) is 4.74 Å². The zero-order chi connectivity index (χ0) is 21.7. The Labute approximate surface area is 180 Å². The molecular formula is C25H33N3O2. The van der Waals surface area contributed by atoms with Crippen LogP contribution in [0.3, 0.4) is 0 Å². The van der Waals surface area contributed by atoms with Gasteiger partial charge in [-0.3, -0.25) is 4.79 Å². The molecule has 1 N–H and O–H groups in total. The van der Waals surface area contributed by atoms with Gasteiger partial charge in [-0.2, -0.15) is 5.10 Å². The molecule has 1 atom stereocenters. The molecule has 0 aromatic heterocycles. The summed E-state index contributed by atoms with van der Waals surface area (Å²) in [5.41, 5.74) is 7.12. The molecule has 0 aliphatic carbocycles. The highest BCUT2D eigenvalue weighted by atomic mass is 16.5. The summed E-state index contributed by atoms with van der Waals surface area (Å²) in [6, 6.07) is 13.9. The first-order valence-electron chi connectivity index (χ1n) is 10.7. The number of amides is 1. The second-order valence-corrected chi connectivity index (χ2v) is 8.68. The topological polar surface area (TPSA) is 53.9 Å². The molecule has 2 aromatic carbocycles. The van der Waals surface area contributed by atoms with E-state index in [0.29, 0.717) is 12.3 Å². The van der Waals surface area contributed by atoms with Crippen LogP contribution in [0, 0.1) is 0 Å². The number of carbonyl (C=O) groups excluding carboxylic acids is 1. The minimum atomic E-state index is -0.140. The molecule has 0 fully saturated rings. The lowest BCUT2D eigenvalue weighted by Crippen LogP contribution is -2.48. The smallest absolute Gasteiger partial charge is 0.244 e. The number of nitrogens with zero attached hydrogens (tertiary/aromatic N) is 2. The Bertz CT molecular complexity index is 906. The minimum Gasteiger partial charge on any atom is -0.496 e. The lowest BCUT2D eigenvalue weighted by atomic mass is 9.79. The summed E-state index contributed by atoms with van der Waals surface area (Å²) in [6.45, 7) is 10.1. The number of hydrazone groups is 1. The molecule has 5 heteroatoms. The van der Waals surface area contributed by atoms with Crippen molar-refractivity contribution in [2.75, 3.05) is 18.6 Å². The highest BCUT2D eigenvalue weighted by Crippen LogP contribution is 2.45. The van der Waals surface area contributed by atoms with Gasteiger partial charge in [-0.25, -0.2) is 5.43 Å². The summed E-state index contributed by atoms with van der Waals surface area (Å²) < 4.78 is 5.66. The second kappa shape index (κ2) is 9.33. The van der Waals surface area contributed by atoms with Crippen molar-refractivity contribution in [1.29, 1.82) is 0 Å². The summed E-state index contributed by atoms with van der Waals surface area (Å²) >= 11 is 0. The monoisotopic (exact) mass is 407 g/mol. The molecule has 0 radical (unpaired) electrons. The van der Waals surface area contributed by atoms with Crippen molar-refractivity contribution in [3.63, 3.8) is 0 Å². The van der Waals surface area contributed by atoms with E-state index in [1.807, 2.05) is 30.3 Å². The average Bonchev–Trinajstić information content (AvgIpc) is 2.71. The molecule has 0 spiro atoms. The first-order valence-corrected chi connectivity index (χ1v) is 10.7. The maximum atomic E-state index is 12.2. The van der Waals surface area contributed by atoms with Gasteiger partial charge in [-0.1, -0.05) is 44.2 Å². The third kappa shape index (κ3) is 4.84. The van der Waals surface area contributed by atoms with E-state index in [-0.39, 0.29) is 11.4 Å². The number of rotatable bonds is 7. The normalized spacial score (nSPS) is 17.6. The van der Waals surface area contributed by atoms with Crippen LogP contribution in [0.1, 0.15) is 63.1 Å². The lowest BCUT2D eigenvalue weighted by molar-refractivity contribution is -0.120. The van der Waals surface area contributed by atoms with E-state index >= 15 is 0 Å². The van der Waals surface area contributed by atoms with Gasteiger partial charge < -0.3 is 9.64 Å². The van der Waals surface area contributed by atoms with Crippen LogP contribution in [0.25, 0.3) is 0 Å². The van der Waals surface area contributed by atoms with Crippen LogP contribution in [-0.4, -0.2) is 31.3 Å². The first kappa shape index (κ1) is 21.9. The van der Waals surface area contributed by atoms with E-state index in [9.17, 15) is 4.79 Å².